The molecule has 4 heteroatoms. The van der Waals surface area contributed by atoms with Gasteiger partial charge in [0.05, 0.1) is 6.54 Å². The number of hydrogen-bond donors (Lipinski definition) is 1. The third-order valence-electron chi connectivity index (χ3n) is 3.30. The topological polar surface area (TPSA) is 27.6 Å². The molecule has 0 amide bonds. The van der Waals surface area contributed by atoms with Crippen molar-refractivity contribution >= 4 is 29.9 Å². The van der Waals surface area contributed by atoms with Crippen LogP contribution in [0.15, 0.2) is 35.3 Å². The highest BCUT2D eigenvalue weighted by Gasteiger charge is 2.22. The van der Waals surface area contributed by atoms with Crippen LogP contribution in [0.25, 0.3) is 0 Å². The summed E-state index contributed by atoms with van der Waals surface area (Å²) in [6, 6.07) is 10.6. The second kappa shape index (κ2) is 6.41. The molecule has 0 spiro atoms. The Morgan fingerprint density at radius 3 is 2.50 bits per heavy atom. The molecule has 0 saturated carbocycles. The van der Waals surface area contributed by atoms with Gasteiger partial charge in [0.1, 0.15) is 0 Å². The van der Waals surface area contributed by atoms with Crippen LogP contribution in [0.2, 0.25) is 0 Å². The summed E-state index contributed by atoms with van der Waals surface area (Å²) in [5, 5.41) is 3.45. The Kier molecular flexibility index (Phi) is 5.44. The number of aliphatic imine (C=N–C) groups is 1. The van der Waals surface area contributed by atoms with Crippen LogP contribution in [0.4, 0.5) is 0 Å². The van der Waals surface area contributed by atoms with E-state index in [9.17, 15) is 0 Å². The van der Waals surface area contributed by atoms with Crippen molar-refractivity contribution in [2.24, 2.45) is 4.99 Å². The SMILES string of the molecule is CN1CCN=C1NCC(C)(C)c1ccccc1.I. The molecular formula is C14H22IN3. The zero-order valence-corrected chi connectivity index (χ0v) is 13.6. The fraction of sp³-hybridized carbons (Fsp3) is 0.500. The maximum atomic E-state index is 4.44. The van der Waals surface area contributed by atoms with Gasteiger partial charge in [-0.15, -0.1) is 24.0 Å². The van der Waals surface area contributed by atoms with E-state index in [1.165, 1.54) is 5.56 Å². The van der Waals surface area contributed by atoms with Crippen molar-refractivity contribution < 1.29 is 0 Å². The summed E-state index contributed by atoms with van der Waals surface area (Å²) >= 11 is 0. The molecule has 1 aliphatic heterocycles. The van der Waals surface area contributed by atoms with Crippen molar-refractivity contribution in [1.29, 1.82) is 0 Å². The van der Waals surface area contributed by atoms with Crippen LogP contribution in [0.5, 0.6) is 0 Å². The Balaban J connectivity index is 0.00000162. The van der Waals surface area contributed by atoms with Crippen molar-refractivity contribution in [3.05, 3.63) is 35.9 Å². The lowest BCUT2D eigenvalue weighted by Crippen LogP contribution is -2.42. The van der Waals surface area contributed by atoms with Gasteiger partial charge in [-0.05, 0) is 5.56 Å². The van der Waals surface area contributed by atoms with Crippen LogP contribution in [-0.2, 0) is 5.41 Å². The third-order valence-corrected chi connectivity index (χ3v) is 3.30. The van der Waals surface area contributed by atoms with E-state index >= 15 is 0 Å². The summed E-state index contributed by atoms with van der Waals surface area (Å²) in [7, 11) is 2.08. The molecule has 0 atom stereocenters. The normalized spacial score (nSPS) is 15.1. The standard InChI is InChI=1S/C14H21N3.HI/c1-14(2,12-7-5-4-6-8-12)11-16-13-15-9-10-17(13)3;/h4-8H,9-11H2,1-3H3,(H,15,16);1H. The molecule has 2 rings (SSSR count). The highest BCUT2D eigenvalue weighted by atomic mass is 127. The van der Waals surface area contributed by atoms with Crippen LogP contribution < -0.4 is 5.32 Å². The molecule has 0 fully saturated rings. The molecule has 3 nitrogen and oxygen atoms in total. The predicted molar refractivity (Wildman–Crippen MR) is 87.8 cm³/mol. The van der Waals surface area contributed by atoms with Crippen LogP contribution in [-0.4, -0.2) is 37.5 Å². The fourth-order valence-corrected chi connectivity index (χ4v) is 2.01. The van der Waals surface area contributed by atoms with Gasteiger partial charge in [-0.1, -0.05) is 44.2 Å². The molecule has 1 aliphatic rings. The molecular weight excluding hydrogens is 337 g/mol. The molecule has 18 heavy (non-hydrogen) atoms. The highest BCUT2D eigenvalue weighted by molar-refractivity contribution is 14.0. The predicted octanol–water partition coefficient (Wildman–Crippen LogP) is 2.47. The minimum absolute atomic E-state index is 0. The minimum Gasteiger partial charge on any atom is -0.355 e. The van der Waals surface area contributed by atoms with E-state index in [2.05, 4.69) is 66.4 Å². The molecule has 0 aromatic heterocycles. The average molecular weight is 359 g/mol. The smallest absolute Gasteiger partial charge is 0.193 e. The number of hydrogen-bond acceptors (Lipinski definition) is 3. The van der Waals surface area contributed by atoms with E-state index in [4.69, 9.17) is 0 Å². The Morgan fingerprint density at radius 2 is 1.94 bits per heavy atom. The minimum atomic E-state index is 0. The Labute approximate surface area is 127 Å². The quantitative estimate of drug-likeness (QED) is 0.840. The van der Waals surface area contributed by atoms with Crippen LogP contribution in [0, 0.1) is 0 Å². The number of benzene rings is 1. The number of nitrogens with one attached hydrogen (secondary N) is 1. The van der Waals surface area contributed by atoms with Gasteiger partial charge in [0.15, 0.2) is 5.96 Å². The van der Waals surface area contributed by atoms with Gasteiger partial charge < -0.3 is 10.2 Å². The van der Waals surface area contributed by atoms with Crippen LogP contribution >= 0.6 is 24.0 Å². The summed E-state index contributed by atoms with van der Waals surface area (Å²) < 4.78 is 0. The first kappa shape index (κ1) is 15.3. The lowest BCUT2D eigenvalue weighted by atomic mass is 9.85. The maximum absolute atomic E-state index is 4.44. The van der Waals surface area contributed by atoms with Crippen molar-refractivity contribution in [1.82, 2.24) is 10.2 Å². The second-order valence-corrected chi connectivity index (χ2v) is 5.23. The third kappa shape index (κ3) is 3.60. The number of nitrogens with zero attached hydrogens (tertiary/aromatic N) is 2. The first-order valence-corrected chi connectivity index (χ1v) is 6.14. The van der Waals surface area contributed by atoms with Gasteiger partial charge in [-0.3, -0.25) is 4.99 Å². The van der Waals surface area contributed by atoms with E-state index in [0.717, 1.165) is 25.6 Å². The molecule has 1 aromatic carbocycles. The monoisotopic (exact) mass is 359 g/mol. The number of rotatable bonds is 3. The Morgan fingerprint density at radius 1 is 1.28 bits per heavy atom. The van der Waals surface area contributed by atoms with E-state index in [0.29, 0.717) is 0 Å². The first-order chi connectivity index (χ1) is 8.09. The van der Waals surface area contributed by atoms with Gasteiger partial charge in [0, 0.05) is 25.6 Å². The summed E-state index contributed by atoms with van der Waals surface area (Å²) in [5.41, 5.74) is 1.47. The van der Waals surface area contributed by atoms with Crippen molar-refractivity contribution in [3.8, 4) is 0 Å². The van der Waals surface area contributed by atoms with Gasteiger partial charge in [-0.2, -0.15) is 0 Å². The molecule has 1 heterocycles. The first-order valence-electron chi connectivity index (χ1n) is 6.14. The lowest BCUT2D eigenvalue weighted by molar-refractivity contribution is 0.481. The molecule has 0 bridgehead atoms. The summed E-state index contributed by atoms with van der Waals surface area (Å²) in [6.45, 7) is 7.34. The molecule has 0 unspecified atom stereocenters. The highest BCUT2D eigenvalue weighted by Crippen LogP contribution is 2.21. The number of guanidine groups is 1. The van der Waals surface area contributed by atoms with Crippen molar-refractivity contribution in [3.63, 3.8) is 0 Å². The number of halogens is 1. The fourth-order valence-electron chi connectivity index (χ4n) is 2.01. The molecule has 0 radical (unpaired) electrons. The molecule has 1 N–H and O–H groups in total. The maximum Gasteiger partial charge on any atom is 0.193 e. The van der Waals surface area contributed by atoms with E-state index < -0.39 is 0 Å². The molecule has 1 aromatic rings. The average Bonchev–Trinajstić information content (AvgIpc) is 2.74. The zero-order chi connectivity index (χ0) is 12.3. The molecule has 0 aliphatic carbocycles. The zero-order valence-electron chi connectivity index (χ0n) is 11.3. The van der Waals surface area contributed by atoms with Gasteiger partial charge in [0.2, 0.25) is 0 Å². The van der Waals surface area contributed by atoms with E-state index in [-0.39, 0.29) is 29.4 Å². The van der Waals surface area contributed by atoms with Crippen LogP contribution in [0.1, 0.15) is 19.4 Å². The Bertz CT molecular complexity index is 401. The van der Waals surface area contributed by atoms with Gasteiger partial charge in [-0.25, -0.2) is 0 Å². The lowest BCUT2D eigenvalue weighted by Gasteiger charge is -2.27. The largest absolute Gasteiger partial charge is 0.355 e. The molecule has 0 saturated heterocycles. The van der Waals surface area contributed by atoms with E-state index in [1.54, 1.807) is 0 Å². The summed E-state index contributed by atoms with van der Waals surface area (Å²) in [6.07, 6.45) is 0. The van der Waals surface area contributed by atoms with E-state index in [1.807, 2.05) is 0 Å². The number of likely N-dealkylation sites (N-methyl/N-ethyl adjacent to an activating group) is 1. The van der Waals surface area contributed by atoms with Gasteiger partial charge in [0.25, 0.3) is 0 Å². The second-order valence-electron chi connectivity index (χ2n) is 5.23. The summed E-state index contributed by atoms with van der Waals surface area (Å²) in [5.74, 6) is 1.02. The van der Waals surface area contributed by atoms with Gasteiger partial charge >= 0.3 is 0 Å². The van der Waals surface area contributed by atoms with Crippen molar-refractivity contribution in [2.75, 3.05) is 26.7 Å². The Hall–Kier alpha value is -0.780. The van der Waals surface area contributed by atoms with Crippen LogP contribution in [0.3, 0.4) is 0 Å². The van der Waals surface area contributed by atoms with Crippen molar-refractivity contribution in [2.45, 2.75) is 19.3 Å². The summed E-state index contributed by atoms with van der Waals surface area (Å²) in [4.78, 5) is 6.61. The molecule has 100 valence electrons.